The number of fused-ring (bicyclic) bond motifs is 2. The maximum Gasteiger partial charge on any atom is 0.362 e. The van der Waals surface area contributed by atoms with Gasteiger partial charge < -0.3 is 26.0 Å². The number of carboxylic acids is 1. The van der Waals surface area contributed by atoms with Crippen LogP contribution in [-0.2, 0) is 11.5 Å². The third-order valence-corrected chi connectivity index (χ3v) is 6.40. The van der Waals surface area contributed by atoms with Crippen molar-refractivity contribution < 1.29 is 29.7 Å². The lowest BCUT2D eigenvalue weighted by Gasteiger charge is -2.10. The number of aliphatic carboxylic acids is 1. The van der Waals surface area contributed by atoms with E-state index in [0.29, 0.717) is 22.2 Å². The van der Waals surface area contributed by atoms with Gasteiger partial charge in [0.15, 0.2) is 22.9 Å². The van der Waals surface area contributed by atoms with Crippen LogP contribution in [0.4, 0.5) is 0 Å². The number of aromatic nitrogens is 6. The predicted molar refractivity (Wildman–Crippen MR) is 154 cm³/mol. The molecule has 0 bridgehead atoms. The molecule has 6 N–H and O–H groups in total. The van der Waals surface area contributed by atoms with E-state index < -0.39 is 30.0 Å². The molecule has 0 radical (unpaired) electrons. The van der Waals surface area contributed by atoms with Gasteiger partial charge in [-0.25, -0.2) is 19.9 Å². The Hall–Kier alpha value is -5.86. The van der Waals surface area contributed by atoms with Crippen molar-refractivity contribution in [3.05, 3.63) is 80.8 Å². The van der Waals surface area contributed by atoms with Gasteiger partial charge >= 0.3 is 11.7 Å². The van der Waals surface area contributed by atoms with Crippen LogP contribution in [0.5, 0.6) is 11.5 Å². The highest BCUT2D eigenvalue weighted by molar-refractivity contribution is 6.03. The maximum absolute atomic E-state index is 12.2. The summed E-state index contributed by atoms with van der Waals surface area (Å²) < 4.78 is 0.937. The van der Waals surface area contributed by atoms with E-state index in [4.69, 9.17) is 5.11 Å². The van der Waals surface area contributed by atoms with Crippen LogP contribution in [0.15, 0.2) is 41.2 Å². The summed E-state index contributed by atoms with van der Waals surface area (Å²) in [6.45, 7) is 6.65. The van der Waals surface area contributed by atoms with Crippen LogP contribution in [-0.4, -0.2) is 69.8 Å². The van der Waals surface area contributed by atoms with Gasteiger partial charge in [-0.2, -0.15) is 4.68 Å². The zero-order valence-electron chi connectivity index (χ0n) is 23.6. The SMILES string of the molecule is Cc1ccc2c(O)c(C(=O)NCC(=O)O)nc(C)c2c1.Cc1ccc2c(O)c(C(=O)NCn3nn[nH]c3=O)nc(C)c2c1. The van der Waals surface area contributed by atoms with Gasteiger partial charge in [0.2, 0.25) is 0 Å². The van der Waals surface area contributed by atoms with Crippen molar-refractivity contribution in [1.82, 2.24) is 40.8 Å². The molecule has 3 heterocycles. The van der Waals surface area contributed by atoms with Gasteiger partial charge in [-0.1, -0.05) is 35.4 Å². The fourth-order valence-electron chi connectivity index (χ4n) is 4.25. The largest absolute Gasteiger partial charge is 0.505 e. The van der Waals surface area contributed by atoms with E-state index in [1.165, 1.54) is 0 Å². The highest BCUT2D eigenvalue weighted by Crippen LogP contribution is 2.31. The van der Waals surface area contributed by atoms with E-state index >= 15 is 0 Å². The van der Waals surface area contributed by atoms with E-state index in [-0.39, 0.29) is 29.6 Å². The van der Waals surface area contributed by atoms with Gasteiger partial charge in [-0.15, -0.1) is 0 Å². The molecule has 0 aliphatic rings. The first-order chi connectivity index (χ1) is 20.4. The number of hydrogen-bond acceptors (Lipinski definition) is 10. The highest BCUT2D eigenvalue weighted by Gasteiger charge is 2.19. The maximum atomic E-state index is 12.2. The van der Waals surface area contributed by atoms with E-state index in [1.807, 2.05) is 38.1 Å². The van der Waals surface area contributed by atoms with Crippen LogP contribution in [0.25, 0.3) is 21.5 Å². The van der Waals surface area contributed by atoms with Crippen LogP contribution in [0.3, 0.4) is 0 Å². The molecule has 2 aromatic carbocycles. The smallest absolute Gasteiger partial charge is 0.362 e. The molecule has 0 saturated heterocycles. The van der Waals surface area contributed by atoms with Crippen LogP contribution < -0.4 is 16.3 Å². The van der Waals surface area contributed by atoms with Crippen molar-refractivity contribution in [1.29, 1.82) is 0 Å². The van der Waals surface area contributed by atoms with Gasteiger partial charge in [0.1, 0.15) is 13.2 Å². The van der Waals surface area contributed by atoms with Crippen molar-refractivity contribution in [2.24, 2.45) is 0 Å². The number of carbonyl (C=O) groups excluding carboxylic acids is 2. The number of rotatable bonds is 6. The molecule has 0 aliphatic carbocycles. The molecule has 0 fully saturated rings. The Balaban J connectivity index is 0.000000199. The lowest BCUT2D eigenvalue weighted by atomic mass is 10.0. The van der Waals surface area contributed by atoms with Gasteiger partial charge in [0.25, 0.3) is 11.8 Å². The van der Waals surface area contributed by atoms with Gasteiger partial charge in [-0.05, 0) is 50.3 Å². The average Bonchev–Trinajstić information content (AvgIpc) is 3.38. The lowest BCUT2D eigenvalue weighted by molar-refractivity contribution is -0.135. The van der Waals surface area contributed by atoms with Crippen molar-refractivity contribution in [3.63, 3.8) is 0 Å². The minimum atomic E-state index is -1.16. The molecule has 0 unspecified atom stereocenters. The Labute approximate surface area is 243 Å². The molecule has 222 valence electrons. The third kappa shape index (κ3) is 6.56. The Bertz CT molecular complexity index is 1950. The quantitative estimate of drug-likeness (QED) is 0.167. The molecular weight excluding hydrogens is 560 g/mol. The van der Waals surface area contributed by atoms with E-state index in [0.717, 1.165) is 26.6 Å². The fourth-order valence-corrected chi connectivity index (χ4v) is 4.25. The number of pyridine rings is 2. The summed E-state index contributed by atoms with van der Waals surface area (Å²) in [5, 5.41) is 45.2. The topological polar surface area (TPSA) is 225 Å². The van der Waals surface area contributed by atoms with Crippen LogP contribution in [0.1, 0.15) is 43.5 Å². The first-order valence-electron chi connectivity index (χ1n) is 12.8. The molecule has 5 aromatic rings. The standard InChI is InChI=1S/C14H14N6O3.C14H14N2O4/c1-7-3-4-9-10(5-7)8(2)16-11(12(9)21)13(22)15-6-20-14(23)17-18-19-20;1-7-3-4-9-10(5-7)8(2)16-12(13(9)19)14(20)15-6-11(17)18/h3-5,21H,6H2,1-2H3,(H,15,22)(H,17,19,23);3-5,19H,6H2,1-2H3,(H,15,20)(H,17,18). The second-order valence-corrected chi connectivity index (χ2v) is 9.63. The van der Waals surface area contributed by atoms with Crippen LogP contribution >= 0.6 is 0 Å². The zero-order chi connectivity index (χ0) is 31.4. The zero-order valence-corrected chi connectivity index (χ0v) is 23.6. The van der Waals surface area contributed by atoms with Gasteiger partial charge in [0.05, 0.1) is 0 Å². The Morgan fingerprint density at radius 1 is 0.791 bits per heavy atom. The van der Waals surface area contributed by atoms with E-state index in [9.17, 15) is 29.4 Å². The number of aromatic amines is 1. The minimum Gasteiger partial charge on any atom is -0.505 e. The van der Waals surface area contributed by atoms with Crippen LogP contribution in [0.2, 0.25) is 0 Å². The lowest BCUT2D eigenvalue weighted by Crippen LogP contribution is -2.32. The molecule has 3 aromatic heterocycles. The van der Waals surface area contributed by atoms with Crippen LogP contribution in [0, 0.1) is 27.7 Å². The van der Waals surface area contributed by atoms with Gasteiger partial charge in [-0.3, -0.25) is 14.4 Å². The Kier molecular flexibility index (Phi) is 8.64. The summed E-state index contributed by atoms with van der Waals surface area (Å²) in [6.07, 6.45) is 0. The van der Waals surface area contributed by atoms with E-state index in [2.05, 4.69) is 36.1 Å². The summed E-state index contributed by atoms with van der Waals surface area (Å²) in [5.74, 6) is -2.92. The first-order valence-corrected chi connectivity index (χ1v) is 12.8. The monoisotopic (exact) mass is 588 g/mol. The number of aromatic hydroxyl groups is 2. The molecule has 0 saturated carbocycles. The second-order valence-electron chi connectivity index (χ2n) is 9.63. The number of benzene rings is 2. The number of hydrogen-bond donors (Lipinski definition) is 6. The average molecular weight is 589 g/mol. The first kappa shape index (κ1) is 30.1. The highest BCUT2D eigenvalue weighted by atomic mass is 16.4. The van der Waals surface area contributed by atoms with Crippen molar-refractivity contribution in [2.75, 3.05) is 6.54 Å². The number of nitrogens with zero attached hydrogens (tertiary/aromatic N) is 5. The number of nitrogens with one attached hydrogen (secondary N) is 3. The van der Waals surface area contributed by atoms with Crippen molar-refractivity contribution in [2.45, 2.75) is 34.4 Å². The van der Waals surface area contributed by atoms with Crippen molar-refractivity contribution >= 4 is 39.3 Å². The Morgan fingerprint density at radius 2 is 1.28 bits per heavy atom. The normalized spacial score (nSPS) is 10.7. The fraction of sp³-hybridized carbons (Fsp3) is 0.214. The number of carbonyl (C=O) groups is 3. The summed E-state index contributed by atoms with van der Waals surface area (Å²) in [6, 6.07) is 10.9. The number of amides is 2. The molecule has 15 nitrogen and oxygen atoms in total. The summed E-state index contributed by atoms with van der Waals surface area (Å²) >= 11 is 0. The molecule has 0 aliphatic heterocycles. The third-order valence-electron chi connectivity index (χ3n) is 6.40. The molecular formula is C28H28N8O7. The molecule has 2 amide bonds. The summed E-state index contributed by atoms with van der Waals surface area (Å²) in [5.41, 5.74) is 2.46. The molecule has 15 heteroatoms. The summed E-state index contributed by atoms with van der Waals surface area (Å²) in [4.78, 5) is 54.0. The molecule has 43 heavy (non-hydrogen) atoms. The number of H-pyrrole nitrogens is 1. The Morgan fingerprint density at radius 3 is 1.72 bits per heavy atom. The number of aryl methyl sites for hydroxylation is 4. The second kappa shape index (κ2) is 12.3. The molecule has 0 atom stereocenters. The van der Waals surface area contributed by atoms with Crippen molar-refractivity contribution in [3.8, 4) is 11.5 Å². The summed E-state index contributed by atoms with van der Waals surface area (Å²) in [7, 11) is 0. The van der Waals surface area contributed by atoms with E-state index in [1.54, 1.807) is 26.0 Å². The van der Waals surface area contributed by atoms with Gasteiger partial charge in [0, 0.05) is 32.9 Å². The predicted octanol–water partition coefficient (Wildman–Crippen LogP) is 1.60. The number of carboxylic acid groups (broad SMARTS) is 1. The molecule has 5 rings (SSSR count). The molecule has 0 spiro atoms. The minimum absolute atomic E-state index is 0.101. The number of tetrazole rings is 1.